The highest BCUT2D eigenvalue weighted by Crippen LogP contribution is 2.38. The molecular formula is C15H20ClNO. The first-order chi connectivity index (χ1) is 8.51. The topological polar surface area (TPSA) is 33.0 Å². The van der Waals surface area contributed by atoms with Crippen LogP contribution in [0.15, 0.2) is 12.1 Å². The number of benzene rings is 1. The van der Waals surface area contributed by atoms with Crippen molar-refractivity contribution in [3.05, 3.63) is 28.3 Å². The Kier molecular flexibility index (Phi) is 5.50. The Morgan fingerprint density at radius 2 is 1.89 bits per heavy atom. The smallest absolute Gasteiger partial charge is 0.125 e. The zero-order valence-electron chi connectivity index (χ0n) is 11.5. The number of halogens is 1. The number of rotatable bonds is 5. The fraction of sp³-hybridized carbons (Fsp3) is 0.533. The molecule has 0 fully saturated rings. The molecule has 2 nitrogen and oxygen atoms in total. The van der Waals surface area contributed by atoms with E-state index in [0.717, 1.165) is 28.3 Å². The molecule has 0 bridgehead atoms. The maximum atomic E-state index is 8.68. The van der Waals surface area contributed by atoms with E-state index >= 15 is 0 Å². The average Bonchev–Trinajstić information content (AvgIpc) is 2.34. The molecule has 0 amide bonds. The first-order valence-electron chi connectivity index (χ1n) is 6.25. The van der Waals surface area contributed by atoms with E-state index < -0.39 is 0 Å². The van der Waals surface area contributed by atoms with Crippen molar-refractivity contribution in [3.8, 4) is 11.8 Å². The quantitative estimate of drug-likeness (QED) is 0.760. The van der Waals surface area contributed by atoms with Crippen LogP contribution in [-0.4, -0.2) is 7.11 Å². The summed E-state index contributed by atoms with van der Waals surface area (Å²) in [7, 11) is 1.69. The van der Waals surface area contributed by atoms with E-state index in [9.17, 15) is 0 Å². The molecule has 1 unspecified atom stereocenters. The third-order valence-corrected chi connectivity index (χ3v) is 3.38. The fourth-order valence-corrected chi connectivity index (χ4v) is 2.34. The second-order valence-corrected chi connectivity index (χ2v) is 5.31. The first kappa shape index (κ1) is 14.9. The van der Waals surface area contributed by atoms with Gasteiger partial charge in [-0.1, -0.05) is 32.4 Å². The Morgan fingerprint density at radius 1 is 1.28 bits per heavy atom. The molecule has 98 valence electrons. The van der Waals surface area contributed by atoms with Crippen LogP contribution in [0, 0.1) is 11.3 Å². The molecule has 0 heterocycles. The number of ether oxygens (including phenoxy) is 1. The normalized spacial score (nSPS) is 12.3. The predicted octanol–water partition coefficient (Wildman–Crippen LogP) is 4.88. The molecule has 0 aliphatic rings. The van der Waals surface area contributed by atoms with E-state index in [2.05, 4.69) is 26.8 Å². The highest BCUT2D eigenvalue weighted by atomic mass is 35.5. The Labute approximate surface area is 115 Å². The van der Waals surface area contributed by atoms with E-state index in [0.29, 0.717) is 12.3 Å². The van der Waals surface area contributed by atoms with Crippen LogP contribution in [0.2, 0.25) is 5.02 Å². The largest absolute Gasteiger partial charge is 0.496 e. The Morgan fingerprint density at radius 3 is 2.39 bits per heavy atom. The molecule has 1 atom stereocenters. The van der Waals surface area contributed by atoms with E-state index in [1.807, 2.05) is 12.1 Å². The highest BCUT2D eigenvalue weighted by molar-refractivity contribution is 6.30. The third kappa shape index (κ3) is 3.40. The average molecular weight is 266 g/mol. The second kappa shape index (κ2) is 6.66. The number of hydrogen-bond donors (Lipinski definition) is 0. The van der Waals surface area contributed by atoms with Gasteiger partial charge < -0.3 is 4.74 Å². The van der Waals surface area contributed by atoms with Crippen LogP contribution in [0.25, 0.3) is 0 Å². The van der Waals surface area contributed by atoms with Crippen LogP contribution >= 0.6 is 11.6 Å². The van der Waals surface area contributed by atoms with Crippen LogP contribution in [0.3, 0.4) is 0 Å². The van der Waals surface area contributed by atoms with Gasteiger partial charge in [-0.05, 0) is 41.5 Å². The molecule has 0 saturated heterocycles. The van der Waals surface area contributed by atoms with Crippen molar-refractivity contribution < 1.29 is 4.74 Å². The Hall–Kier alpha value is -1.20. The van der Waals surface area contributed by atoms with Gasteiger partial charge in [0.2, 0.25) is 0 Å². The summed E-state index contributed by atoms with van der Waals surface area (Å²) in [5.74, 6) is 1.55. The van der Waals surface area contributed by atoms with Gasteiger partial charge >= 0.3 is 0 Å². The molecule has 0 saturated carbocycles. The van der Waals surface area contributed by atoms with Gasteiger partial charge in [0.15, 0.2) is 0 Å². The van der Waals surface area contributed by atoms with Crippen LogP contribution in [0.4, 0.5) is 0 Å². The van der Waals surface area contributed by atoms with Gasteiger partial charge in [-0.2, -0.15) is 5.26 Å². The lowest BCUT2D eigenvalue weighted by Gasteiger charge is -2.20. The summed E-state index contributed by atoms with van der Waals surface area (Å²) in [6, 6.07) is 6.10. The van der Waals surface area contributed by atoms with Gasteiger partial charge in [0, 0.05) is 11.4 Å². The van der Waals surface area contributed by atoms with Crippen molar-refractivity contribution in [3.63, 3.8) is 0 Å². The van der Waals surface area contributed by atoms with Crippen LogP contribution < -0.4 is 4.74 Å². The lowest BCUT2D eigenvalue weighted by molar-refractivity contribution is 0.398. The molecule has 18 heavy (non-hydrogen) atoms. The van der Waals surface area contributed by atoms with Gasteiger partial charge in [0.1, 0.15) is 5.75 Å². The van der Waals surface area contributed by atoms with Gasteiger partial charge in [0.05, 0.1) is 13.2 Å². The summed E-state index contributed by atoms with van der Waals surface area (Å²) >= 11 is 6.18. The number of nitrogens with zero attached hydrogens (tertiary/aromatic N) is 1. The van der Waals surface area contributed by atoms with E-state index in [1.54, 1.807) is 7.11 Å². The minimum absolute atomic E-state index is 0.274. The molecule has 0 aliphatic carbocycles. The molecule has 1 aromatic carbocycles. The predicted molar refractivity (Wildman–Crippen MR) is 75.4 cm³/mol. The van der Waals surface area contributed by atoms with Crippen molar-refractivity contribution in [2.45, 2.75) is 45.4 Å². The van der Waals surface area contributed by atoms with Gasteiger partial charge in [-0.25, -0.2) is 0 Å². The van der Waals surface area contributed by atoms with Crippen molar-refractivity contribution in [1.82, 2.24) is 0 Å². The highest BCUT2D eigenvalue weighted by Gasteiger charge is 2.18. The molecule has 1 aromatic rings. The van der Waals surface area contributed by atoms with Crippen molar-refractivity contribution in [1.29, 1.82) is 5.26 Å². The van der Waals surface area contributed by atoms with Gasteiger partial charge in [-0.3, -0.25) is 0 Å². The minimum atomic E-state index is 0.274. The summed E-state index contributed by atoms with van der Waals surface area (Å²) in [5.41, 5.74) is 2.23. The molecular weight excluding hydrogens is 246 g/mol. The molecule has 0 radical (unpaired) electrons. The maximum Gasteiger partial charge on any atom is 0.125 e. The van der Waals surface area contributed by atoms with Crippen LogP contribution in [-0.2, 0) is 0 Å². The maximum absolute atomic E-state index is 8.68. The summed E-state index contributed by atoms with van der Waals surface area (Å²) < 4.78 is 5.55. The zero-order valence-corrected chi connectivity index (χ0v) is 12.2. The lowest BCUT2D eigenvalue weighted by Crippen LogP contribution is -2.03. The van der Waals surface area contributed by atoms with Crippen molar-refractivity contribution in [2.24, 2.45) is 0 Å². The Bertz CT molecular complexity index is 449. The summed E-state index contributed by atoms with van der Waals surface area (Å²) in [5, 5.41) is 9.41. The van der Waals surface area contributed by atoms with Crippen molar-refractivity contribution in [2.75, 3.05) is 7.11 Å². The van der Waals surface area contributed by atoms with Gasteiger partial charge in [-0.15, -0.1) is 0 Å². The molecule has 3 heteroatoms. The first-order valence-corrected chi connectivity index (χ1v) is 6.63. The van der Waals surface area contributed by atoms with E-state index in [-0.39, 0.29) is 5.92 Å². The second-order valence-electron chi connectivity index (χ2n) is 4.87. The molecule has 0 aromatic heterocycles. The Balaban J connectivity index is 3.21. The van der Waals surface area contributed by atoms with Crippen LogP contribution in [0.1, 0.15) is 56.6 Å². The number of nitriles is 1. The monoisotopic (exact) mass is 265 g/mol. The SMILES string of the molecule is COc1c(C(C)C)cc(Cl)cc1C(C)CCC#N. The lowest BCUT2D eigenvalue weighted by atomic mass is 9.90. The molecule has 0 aliphatic heterocycles. The third-order valence-electron chi connectivity index (χ3n) is 3.16. The number of hydrogen-bond acceptors (Lipinski definition) is 2. The zero-order chi connectivity index (χ0) is 13.7. The fourth-order valence-electron chi connectivity index (χ4n) is 2.10. The van der Waals surface area contributed by atoms with Crippen LogP contribution in [0.5, 0.6) is 5.75 Å². The molecule has 0 N–H and O–H groups in total. The molecule has 1 rings (SSSR count). The van der Waals surface area contributed by atoms with Gasteiger partial charge in [0.25, 0.3) is 0 Å². The molecule has 0 spiro atoms. The van der Waals surface area contributed by atoms with E-state index in [4.69, 9.17) is 21.6 Å². The minimum Gasteiger partial charge on any atom is -0.496 e. The standard InChI is InChI=1S/C15H20ClNO/c1-10(2)13-8-12(16)9-14(15(13)18-4)11(3)6-5-7-17/h8-11H,5-6H2,1-4H3. The summed E-state index contributed by atoms with van der Waals surface area (Å²) in [6.45, 7) is 6.35. The summed E-state index contributed by atoms with van der Waals surface area (Å²) in [6.07, 6.45) is 1.37. The van der Waals surface area contributed by atoms with Crippen molar-refractivity contribution >= 4 is 11.6 Å². The number of methoxy groups -OCH3 is 1. The summed E-state index contributed by atoms with van der Waals surface area (Å²) in [4.78, 5) is 0. The van der Waals surface area contributed by atoms with E-state index in [1.165, 1.54) is 0 Å².